The molecule has 3 heterocycles. The van der Waals surface area contributed by atoms with Gasteiger partial charge in [0.1, 0.15) is 0 Å². The van der Waals surface area contributed by atoms with E-state index in [0.29, 0.717) is 5.41 Å². The molecule has 5 heteroatoms. The third-order valence-electron chi connectivity index (χ3n) is 5.20. The summed E-state index contributed by atoms with van der Waals surface area (Å²) in [5, 5.41) is 8.25. The van der Waals surface area contributed by atoms with Crippen LogP contribution in [0.4, 0.5) is 0 Å². The van der Waals surface area contributed by atoms with E-state index in [1.807, 2.05) is 0 Å². The van der Waals surface area contributed by atoms with Crippen LogP contribution >= 0.6 is 12.4 Å². The average molecular weight is 313 g/mol. The molecule has 1 aromatic heterocycles. The molecule has 3 rings (SSSR count). The van der Waals surface area contributed by atoms with Crippen molar-refractivity contribution in [2.75, 3.05) is 26.2 Å². The first kappa shape index (κ1) is 16.8. The smallest absolute Gasteiger partial charge is 0.0641 e. The summed E-state index contributed by atoms with van der Waals surface area (Å²) in [6.45, 7) is 13.7. The Hall–Kier alpha value is -0.580. The van der Waals surface area contributed by atoms with Crippen LogP contribution in [0.5, 0.6) is 0 Å². The van der Waals surface area contributed by atoms with E-state index in [1.54, 1.807) is 0 Å². The highest BCUT2D eigenvalue weighted by molar-refractivity contribution is 5.85. The van der Waals surface area contributed by atoms with Crippen molar-refractivity contribution >= 4 is 12.4 Å². The van der Waals surface area contributed by atoms with Gasteiger partial charge in [0, 0.05) is 37.4 Å². The zero-order valence-corrected chi connectivity index (χ0v) is 14.4. The second kappa shape index (κ2) is 6.67. The number of likely N-dealkylation sites (tertiary alicyclic amines) is 1. The lowest BCUT2D eigenvalue weighted by Gasteiger charge is -2.23. The van der Waals surface area contributed by atoms with E-state index in [9.17, 15) is 0 Å². The summed E-state index contributed by atoms with van der Waals surface area (Å²) in [7, 11) is 0. The van der Waals surface area contributed by atoms with Gasteiger partial charge in [0.2, 0.25) is 0 Å². The molecule has 2 fully saturated rings. The number of nitrogens with one attached hydrogen (secondary N) is 1. The summed E-state index contributed by atoms with van der Waals surface area (Å²) in [6.07, 6.45) is 3.87. The zero-order valence-electron chi connectivity index (χ0n) is 13.6. The summed E-state index contributed by atoms with van der Waals surface area (Å²) in [4.78, 5) is 2.64. The largest absolute Gasteiger partial charge is 0.316 e. The van der Waals surface area contributed by atoms with Crippen molar-refractivity contribution in [2.45, 2.75) is 53.1 Å². The van der Waals surface area contributed by atoms with E-state index in [0.717, 1.165) is 19.5 Å². The van der Waals surface area contributed by atoms with Crippen LogP contribution in [0.2, 0.25) is 0 Å². The van der Waals surface area contributed by atoms with Crippen LogP contribution in [0.15, 0.2) is 0 Å². The number of aryl methyl sites for hydroxylation is 2. The Kier molecular flexibility index (Phi) is 5.33. The molecule has 1 atom stereocenters. The Morgan fingerprint density at radius 3 is 2.76 bits per heavy atom. The Labute approximate surface area is 134 Å². The summed E-state index contributed by atoms with van der Waals surface area (Å²) in [5.41, 5.74) is 4.62. The van der Waals surface area contributed by atoms with Crippen molar-refractivity contribution in [3.05, 3.63) is 17.0 Å². The minimum absolute atomic E-state index is 0. The van der Waals surface area contributed by atoms with Gasteiger partial charge >= 0.3 is 0 Å². The SMILES string of the molecule is CCCn1nc(C)c(CN2CCC3(CCNC3)C2)c1C.Cl. The molecule has 0 radical (unpaired) electrons. The minimum atomic E-state index is 0. The molecule has 2 saturated heterocycles. The number of halogens is 1. The molecule has 1 N–H and O–H groups in total. The van der Waals surface area contributed by atoms with Gasteiger partial charge < -0.3 is 5.32 Å². The van der Waals surface area contributed by atoms with Gasteiger partial charge in [-0.05, 0) is 51.6 Å². The zero-order chi connectivity index (χ0) is 14.2. The lowest BCUT2D eigenvalue weighted by molar-refractivity contribution is 0.268. The maximum atomic E-state index is 4.71. The van der Waals surface area contributed by atoms with Crippen molar-refractivity contribution in [1.29, 1.82) is 0 Å². The van der Waals surface area contributed by atoms with Crippen LogP contribution in [0.1, 0.15) is 43.1 Å². The Morgan fingerprint density at radius 2 is 2.10 bits per heavy atom. The number of nitrogens with zero attached hydrogens (tertiary/aromatic N) is 3. The standard InChI is InChI=1S/C16H28N4.ClH/c1-4-8-20-14(3)15(13(2)18-20)10-19-9-6-16(12-19)5-7-17-11-16;/h17H,4-12H2,1-3H3;1H. The molecule has 120 valence electrons. The molecule has 1 spiro atoms. The van der Waals surface area contributed by atoms with E-state index in [4.69, 9.17) is 5.10 Å². The Bertz CT molecular complexity index is 477. The highest BCUT2D eigenvalue weighted by Gasteiger charge is 2.40. The monoisotopic (exact) mass is 312 g/mol. The van der Waals surface area contributed by atoms with Gasteiger partial charge in [-0.2, -0.15) is 5.10 Å². The molecule has 0 aliphatic carbocycles. The fraction of sp³-hybridized carbons (Fsp3) is 0.812. The topological polar surface area (TPSA) is 33.1 Å². The molecule has 2 aliphatic heterocycles. The second-order valence-electron chi connectivity index (χ2n) is 6.76. The Balaban J connectivity index is 0.00000161. The van der Waals surface area contributed by atoms with Crippen LogP contribution in [0.3, 0.4) is 0 Å². The quantitative estimate of drug-likeness (QED) is 0.927. The van der Waals surface area contributed by atoms with Crippen molar-refractivity contribution in [3.8, 4) is 0 Å². The summed E-state index contributed by atoms with van der Waals surface area (Å²) >= 11 is 0. The van der Waals surface area contributed by atoms with Crippen LogP contribution < -0.4 is 5.32 Å². The highest BCUT2D eigenvalue weighted by Crippen LogP contribution is 2.36. The van der Waals surface area contributed by atoms with Gasteiger partial charge in [0.25, 0.3) is 0 Å². The molecule has 0 saturated carbocycles. The molecule has 4 nitrogen and oxygen atoms in total. The van der Waals surface area contributed by atoms with E-state index in [1.165, 1.54) is 56.0 Å². The van der Waals surface area contributed by atoms with Crippen molar-refractivity contribution in [1.82, 2.24) is 20.0 Å². The van der Waals surface area contributed by atoms with Crippen LogP contribution in [-0.2, 0) is 13.1 Å². The third kappa shape index (κ3) is 3.27. The highest BCUT2D eigenvalue weighted by atomic mass is 35.5. The van der Waals surface area contributed by atoms with Gasteiger partial charge in [-0.1, -0.05) is 6.92 Å². The second-order valence-corrected chi connectivity index (χ2v) is 6.76. The molecular formula is C16H29ClN4. The molecule has 1 aromatic rings. The number of aromatic nitrogens is 2. The fourth-order valence-electron chi connectivity index (χ4n) is 3.92. The summed E-state index contributed by atoms with van der Waals surface area (Å²) in [6, 6.07) is 0. The molecule has 1 unspecified atom stereocenters. The van der Waals surface area contributed by atoms with Gasteiger partial charge in [0.05, 0.1) is 5.69 Å². The van der Waals surface area contributed by atoms with Crippen molar-refractivity contribution in [2.24, 2.45) is 5.41 Å². The van der Waals surface area contributed by atoms with Gasteiger partial charge in [-0.3, -0.25) is 9.58 Å². The van der Waals surface area contributed by atoms with Gasteiger partial charge in [0.15, 0.2) is 0 Å². The van der Waals surface area contributed by atoms with Crippen LogP contribution in [-0.4, -0.2) is 40.9 Å². The Morgan fingerprint density at radius 1 is 1.29 bits per heavy atom. The number of rotatable bonds is 4. The molecule has 0 amide bonds. The first-order valence-electron chi connectivity index (χ1n) is 8.09. The minimum Gasteiger partial charge on any atom is -0.316 e. The van der Waals surface area contributed by atoms with E-state index in [-0.39, 0.29) is 12.4 Å². The predicted molar refractivity (Wildman–Crippen MR) is 89.1 cm³/mol. The first-order chi connectivity index (χ1) is 9.63. The predicted octanol–water partition coefficient (Wildman–Crippen LogP) is 2.52. The average Bonchev–Trinajstić information content (AvgIpc) is 3.10. The van der Waals surface area contributed by atoms with E-state index in [2.05, 4.69) is 35.7 Å². The molecule has 0 aromatic carbocycles. The molecule has 21 heavy (non-hydrogen) atoms. The lowest BCUT2D eigenvalue weighted by Crippen LogP contribution is -2.29. The molecule has 0 bridgehead atoms. The molecular weight excluding hydrogens is 284 g/mol. The van der Waals surface area contributed by atoms with Gasteiger partial charge in [-0.15, -0.1) is 12.4 Å². The number of hydrogen-bond donors (Lipinski definition) is 1. The van der Waals surface area contributed by atoms with Gasteiger partial charge in [-0.25, -0.2) is 0 Å². The molecule has 2 aliphatic rings. The first-order valence-corrected chi connectivity index (χ1v) is 8.09. The van der Waals surface area contributed by atoms with Crippen molar-refractivity contribution in [3.63, 3.8) is 0 Å². The normalized spacial score (nSPS) is 25.7. The fourth-order valence-corrected chi connectivity index (χ4v) is 3.92. The van der Waals surface area contributed by atoms with Crippen molar-refractivity contribution < 1.29 is 0 Å². The maximum absolute atomic E-state index is 4.71. The maximum Gasteiger partial charge on any atom is 0.0641 e. The lowest BCUT2D eigenvalue weighted by atomic mass is 9.86. The van der Waals surface area contributed by atoms with Crippen LogP contribution in [0, 0.1) is 19.3 Å². The number of hydrogen-bond acceptors (Lipinski definition) is 3. The summed E-state index contributed by atoms with van der Waals surface area (Å²) < 4.78 is 2.19. The van der Waals surface area contributed by atoms with E-state index >= 15 is 0 Å². The van der Waals surface area contributed by atoms with E-state index < -0.39 is 0 Å². The summed E-state index contributed by atoms with van der Waals surface area (Å²) in [5.74, 6) is 0. The van der Waals surface area contributed by atoms with Crippen LogP contribution in [0.25, 0.3) is 0 Å². The third-order valence-corrected chi connectivity index (χ3v) is 5.20.